The molecule has 7 nitrogen and oxygen atoms in total. The van der Waals surface area contributed by atoms with Gasteiger partial charge in [0.15, 0.2) is 0 Å². The van der Waals surface area contributed by atoms with Gasteiger partial charge in [0.25, 0.3) is 5.91 Å². The van der Waals surface area contributed by atoms with Crippen LogP contribution in [0.1, 0.15) is 29.8 Å². The van der Waals surface area contributed by atoms with E-state index < -0.39 is 10.2 Å². The second-order valence-corrected chi connectivity index (χ2v) is 8.97. The first-order valence-corrected chi connectivity index (χ1v) is 10.3. The van der Waals surface area contributed by atoms with Crippen LogP contribution in [0.2, 0.25) is 0 Å². The summed E-state index contributed by atoms with van der Waals surface area (Å²) in [6.45, 7) is 4.32. The Morgan fingerprint density at radius 2 is 1.57 bits per heavy atom. The van der Waals surface area contributed by atoms with E-state index in [4.69, 9.17) is 4.74 Å². The molecule has 0 bridgehead atoms. The number of hydrogen-bond acceptors (Lipinski definition) is 4. The van der Waals surface area contributed by atoms with Gasteiger partial charge < -0.3 is 10.1 Å². The van der Waals surface area contributed by atoms with Crippen LogP contribution in [0.4, 0.5) is 5.69 Å². The number of carbonyl (C=O) groups is 1. The number of carbonyl (C=O) groups excluding carboxylic acids is 1. The van der Waals surface area contributed by atoms with Crippen LogP contribution in [0.3, 0.4) is 0 Å². The molecule has 1 N–H and O–H groups in total. The highest BCUT2D eigenvalue weighted by atomic mass is 32.2. The van der Waals surface area contributed by atoms with Crippen molar-refractivity contribution in [3.05, 3.63) is 59.7 Å². The largest absolute Gasteiger partial charge is 0.491 e. The highest BCUT2D eigenvalue weighted by Gasteiger charge is 2.21. The molecule has 0 unspecified atom stereocenters. The Hall–Kier alpha value is -2.58. The zero-order valence-electron chi connectivity index (χ0n) is 16.8. The van der Waals surface area contributed by atoms with E-state index in [1.165, 1.54) is 21.1 Å². The van der Waals surface area contributed by atoms with Crippen LogP contribution in [-0.2, 0) is 16.8 Å². The van der Waals surface area contributed by atoms with E-state index in [-0.39, 0.29) is 12.0 Å². The number of anilines is 1. The molecule has 0 aliphatic heterocycles. The van der Waals surface area contributed by atoms with Crippen LogP contribution >= 0.6 is 0 Å². The monoisotopic (exact) mass is 405 g/mol. The molecular weight excluding hydrogens is 378 g/mol. The number of benzene rings is 2. The van der Waals surface area contributed by atoms with E-state index in [9.17, 15) is 13.2 Å². The minimum absolute atomic E-state index is 0.111. The van der Waals surface area contributed by atoms with Gasteiger partial charge >= 0.3 is 10.2 Å². The maximum Gasteiger partial charge on any atom is 0.303 e. The van der Waals surface area contributed by atoms with Crippen molar-refractivity contribution in [3.63, 3.8) is 0 Å². The number of amides is 1. The lowest BCUT2D eigenvalue weighted by Crippen LogP contribution is -2.37. The van der Waals surface area contributed by atoms with Crippen LogP contribution in [0.15, 0.2) is 48.5 Å². The average molecular weight is 406 g/mol. The lowest BCUT2D eigenvalue weighted by molar-refractivity contribution is 0.0951. The first kappa shape index (κ1) is 21.7. The molecular formula is C20H27N3O4S. The summed E-state index contributed by atoms with van der Waals surface area (Å²) >= 11 is 0. The van der Waals surface area contributed by atoms with E-state index in [1.54, 1.807) is 24.3 Å². The molecule has 0 saturated heterocycles. The van der Waals surface area contributed by atoms with E-state index in [1.807, 2.05) is 38.1 Å². The van der Waals surface area contributed by atoms with Gasteiger partial charge in [-0.05, 0) is 55.8 Å². The Morgan fingerprint density at radius 1 is 1.00 bits per heavy atom. The molecule has 2 aromatic rings. The molecule has 0 radical (unpaired) electrons. The maximum absolute atomic E-state index is 12.3. The number of ether oxygens (including phenoxy) is 1. The summed E-state index contributed by atoms with van der Waals surface area (Å²) < 4.78 is 32.2. The van der Waals surface area contributed by atoms with Gasteiger partial charge in [-0.2, -0.15) is 12.7 Å². The lowest BCUT2D eigenvalue weighted by Gasteiger charge is -2.23. The lowest BCUT2D eigenvalue weighted by atomic mass is 10.1. The third-order valence-corrected chi connectivity index (χ3v) is 5.87. The minimum atomic E-state index is -3.56. The molecule has 0 spiro atoms. The quantitative estimate of drug-likeness (QED) is 0.732. The van der Waals surface area contributed by atoms with Crippen molar-refractivity contribution in [3.8, 4) is 5.75 Å². The predicted molar refractivity (Wildman–Crippen MR) is 111 cm³/mol. The molecule has 2 rings (SSSR count). The van der Waals surface area contributed by atoms with Gasteiger partial charge in [-0.15, -0.1) is 0 Å². The van der Waals surface area contributed by atoms with E-state index >= 15 is 0 Å². The van der Waals surface area contributed by atoms with Crippen molar-refractivity contribution in [2.45, 2.75) is 26.5 Å². The van der Waals surface area contributed by atoms with Crippen molar-refractivity contribution in [1.29, 1.82) is 0 Å². The zero-order valence-corrected chi connectivity index (χ0v) is 17.7. The fraction of sp³-hybridized carbons (Fsp3) is 0.350. The van der Waals surface area contributed by atoms with Crippen LogP contribution in [-0.4, -0.2) is 45.9 Å². The number of hydrogen-bond donors (Lipinski definition) is 1. The molecule has 0 saturated carbocycles. The van der Waals surface area contributed by atoms with Crippen LogP contribution in [0.5, 0.6) is 5.75 Å². The molecule has 28 heavy (non-hydrogen) atoms. The van der Waals surface area contributed by atoms with Crippen molar-refractivity contribution in [2.75, 3.05) is 25.4 Å². The zero-order chi connectivity index (χ0) is 20.9. The van der Waals surface area contributed by atoms with Gasteiger partial charge in [0.05, 0.1) is 11.8 Å². The summed E-state index contributed by atoms with van der Waals surface area (Å²) in [6.07, 6.45) is 0.111. The minimum Gasteiger partial charge on any atom is -0.491 e. The van der Waals surface area contributed by atoms with Gasteiger partial charge in [0.2, 0.25) is 0 Å². The van der Waals surface area contributed by atoms with Gasteiger partial charge in [-0.1, -0.05) is 12.1 Å². The Labute approximate surface area is 167 Å². The third kappa shape index (κ3) is 5.46. The summed E-state index contributed by atoms with van der Waals surface area (Å²) in [7, 11) is 0.839. The maximum atomic E-state index is 12.3. The normalized spacial score (nSPS) is 11.5. The summed E-state index contributed by atoms with van der Waals surface area (Å²) in [4.78, 5) is 12.3. The van der Waals surface area contributed by atoms with Gasteiger partial charge in [-0.25, -0.2) is 0 Å². The van der Waals surface area contributed by atoms with E-state index in [0.717, 1.165) is 19.9 Å². The number of rotatable bonds is 8. The van der Waals surface area contributed by atoms with Gasteiger partial charge in [0.1, 0.15) is 5.75 Å². The SMILES string of the molecule is CC(C)Oc1ccc(CNC(=O)c2ccc(N(C)S(=O)(=O)N(C)C)cc2)cc1. The molecule has 0 atom stereocenters. The molecule has 8 heteroatoms. The topological polar surface area (TPSA) is 79.0 Å². The van der Waals surface area contributed by atoms with Crippen molar-refractivity contribution in [2.24, 2.45) is 0 Å². The van der Waals surface area contributed by atoms with Crippen LogP contribution in [0.25, 0.3) is 0 Å². The molecule has 0 aliphatic rings. The molecule has 2 aromatic carbocycles. The average Bonchev–Trinajstić information content (AvgIpc) is 2.66. The fourth-order valence-electron chi connectivity index (χ4n) is 2.44. The van der Waals surface area contributed by atoms with Crippen molar-refractivity contribution in [1.82, 2.24) is 9.62 Å². The molecule has 0 heterocycles. The fourth-order valence-corrected chi connectivity index (χ4v) is 3.32. The summed E-state index contributed by atoms with van der Waals surface area (Å²) in [5.41, 5.74) is 1.89. The number of nitrogens with one attached hydrogen (secondary N) is 1. The number of nitrogens with zero attached hydrogens (tertiary/aromatic N) is 2. The van der Waals surface area contributed by atoms with Crippen LogP contribution < -0.4 is 14.4 Å². The highest BCUT2D eigenvalue weighted by Crippen LogP contribution is 2.18. The molecule has 152 valence electrons. The summed E-state index contributed by atoms with van der Waals surface area (Å²) in [5.74, 6) is 0.560. The smallest absolute Gasteiger partial charge is 0.303 e. The Morgan fingerprint density at radius 3 is 2.07 bits per heavy atom. The van der Waals surface area contributed by atoms with Gasteiger partial charge in [0, 0.05) is 33.3 Å². The van der Waals surface area contributed by atoms with Crippen molar-refractivity contribution >= 4 is 21.8 Å². The van der Waals surface area contributed by atoms with Gasteiger partial charge in [-0.3, -0.25) is 9.10 Å². The molecule has 0 aromatic heterocycles. The Balaban J connectivity index is 1.98. The van der Waals surface area contributed by atoms with E-state index in [2.05, 4.69) is 5.32 Å². The second kappa shape index (κ2) is 9.07. The first-order chi connectivity index (χ1) is 13.1. The van der Waals surface area contributed by atoms with Crippen molar-refractivity contribution < 1.29 is 17.9 Å². The Kier molecular flexibility index (Phi) is 7.04. The highest BCUT2D eigenvalue weighted by molar-refractivity contribution is 7.90. The second-order valence-electron chi connectivity index (χ2n) is 6.80. The standard InChI is InChI=1S/C20H27N3O4S/c1-15(2)27-19-12-6-16(7-13-19)14-21-20(24)17-8-10-18(11-9-17)23(5)28(25,26)22(3)4/h6-13,15H,14H2,1-5H3,(H,21,24). The molecule has 0 aliphatic carbocycles. The third-order valence-electron chi connectivity index (χ3n) is 4.05. The summed E-state index contributed by atoms with van der Waals surface area (Å²) in [5, 5.41) is 2.85. The first-order valence-electron chi connectivity index (χ1n) is 8.91. The molecule has 1 amide bonds. The van der Waals surface area contributed by atoms with E-state index in [0.29, 0.717) is 17.8 Å². The van der Waals surface area contributed by atoms with Crippen LogP contribution in [0, 0.1) is 0 Å². The predicted octanol–water partition coefficient (Wildman–Crippen LogP) is 2.65. The Bertz CT molecular complexity index is 892. The summed E-state index contributed by atoms with van der Waals surface area (Å²) in [6, 6.07) is 14.0. The molecule has 0 fully saturated rings.